The van der Waals surface area contributed by atoms with Crippen molar-refractivity contribution in [2.45, 2.75) is 51.4 Å². The van der Waals surface area contributed by atoms with Gasteiger partial charge in [-0.25, -0.2) is 0 Å². The first kappa shape index (κ1) is 10.2. The molecule has 0 saturated carbocycles. The molecule has 0 aliphatic carbocycles. The second kappa shape index (κ2) is 3.12. The predicted molar refractivity (Wildman–Crippen MR) is 52.9 cm³/mol. The van der Waals surface area contributed by atoms with Gasteiger partial charge in [-0.1, -0.05) is 19.6 Å². The molecule has 1 atom stereocenters. The third-order valence-corrected chi connectivity index (χ3v) is 4.56. The van der Waals surface area contributed by atoms with Crippen molar-refractivity contribution in [3.8, 4) is 0 Å². The number of ether oxygens (including phenoxy) is 2. The first-order valence-electron chi connectivity index (χ1n) is 4.63. The highest BCUT2D eigenvalue weighted by atomic mass is 28.3. The van der Waals surface area contributed by atoms with Crippen LogP contribution in [0.25, 0.3) is 0 Å². The van der Waals surface area contributed by atoms with Crippen molar-refractivity contribution in [1.29, 1.82) is 0 Å². The molecule has 1 fully saturated rings. The van der Waals surface area contributed by atoms with E-state index in [-0.39, 0.29) is 5.79 Å². The van der Waals surface area contributed by atoms with Crippen molar-refractivity contribution in [2.75, 3.05) is 6.61 Å². The summed E-state index contributed by atoms with van der Waals surface area (Å²) in [6.07, 6.45) is 1.07. The Labute approximate surface area is 76.3 Å². The van der Waals surface area contributed by atoms with E-state index in [1.54, 1.807) is 0 Å². The predicted octanol–water partition coefficient (Wildman–Crippen LogP) is 2.41. The summed E-state index contributed by atoms with van der Waals surface area (Å²) in [5.41, 5.74) is 0.459. The molecule has 1 unspecified atom stereocenters. The largest absolute Gasteiger partial charge is 0.351 e. The second-order valence-corrected chi connectivity index (χ2v) is 10.4. The van der Waals surface area contributed by atoms with Gasteiger partial charge in [0, 0.05) is 0 Å². The zero-order valence-electron chi connectivity index (χ0n) is 8.81. The molecular formula is C9H20O2Si. The van der Waals surface area contributed by atoms with E-state index in [4.69, 9.17) is 9.47 Å². The molecule has 0 radical (unpaired) electrons. The third kappa shape index (κ3) is 2.57. The van der Waals surface area contributed by atoms with Gasteiger partial charge in [0.15, 0.2) is 5.79 Å². The summed E-state index contributed by atoms with van der Waals surface area (Å²) in [7, 11) is -1.15. The minimum absolute atomic E-state index is 0.358. The van der Waals surface area contributed by atoms with Crippen LogP contribution in [0.15, 0.2) is 0 Å². The monoisotopic (exact) mass is 188 g/mol. The van der Waals surface area contributed by atoms with Gasteiger partial charge in [0.05, 0.1) is 20.4 Å². The van der Waals surface area contributed by atoms with Crippen molar-refractivity contribution >= 4 is 8.07 Å². The Balaban J connectivity index is 2.58. The molecule has 3 heteroatoms. The van der Waals surface area contributed by atoms with Crippen molar-refractivity contribution in [3.05, 3.63) is 0 Å². The summed E-state index contributed by atoms with van der Waals surface area (Å²) in [6.45, 7) is 11.9. The van der Waals surface area contributed by atoms with Crippen molar-refractivity contribution in [2.24, 2.45) is 0 Å². The molecule has 1 heterocycles. The Morgan fingerprint density at radius 1 is 1.25 bits per heavy atom. The summed E-state index contributed by atoms with van der Waals surface area (Å²) in [5, 5.41) is 0. The van der Waals surface area contributed by atoms with Crippen LogP contribution in [0.4, 0.5) is 0 Å². The van der Waals surface area contributed by atoms with Crippen LogP contribution >= 0.6 is 0 Å². The fourth-order valence-corrected chi connectivity index (χ4v) is 3.08. The minimum atomic E-state index is -1.15. The normalized spacial score (nSPS) is 30.2. The molecule has 1 aliphatic rings. The van der Waals surface area contributed by atoms with E-state index < -0.39 is 8.07 Å². The number of hydrogen-bond acceptors (Lipinski definition) is 2. The van der Waals surface area contributed by atoms with Crippen LogP contribution in [-0.2, 0) is 9.47 Å². The summed E-state index contributed by atoms with van der Waals surface area (Å²) < 4.78 is 11.4. The lowest BCUT2D eigenvalue weighted by molar-refractivity contribution is -0.257. The Hall–Kier alpha value is 0.137. The molecule has 0 spiro atoms. The zero-order chi connectivity index (χ0) is 9.41. The highest BCUT2D eigenvalue weighted by molar-refractivity contribution is 6.77. The van der Waals surface area contributed by atoms with E-state index >= 15 is 0 Å². The zero-order valence-corrected chi connectivity index (χ0v) is 9.81. The molecule has 1 aliphatic heterocycles. The van der Waals surface area contributed by atoms with Crippen LogP contribution in [0.3, 0.4) is 0 Å². The highest BCUT2D eigenvalue weighted by Gasteiger charge is 2.36. The molecular weight excluding hydrogens is 168 g/mol. The topological polar surface area (TPSA) is 18.5 Å². The molecule has 0 N–H and O–H groups in total. The summed E-state index contributed by atoms with van der Waals surface area (Å²) >= 11 is 0. The molecule has 12 heavy (non-hydrogen) atoms. The van der Waals surface area contributed by atoms with E-state index in [2.05, 4.69) is 19.6 Å². The number of hydrogen-bond donors (Lipinski definition) is 0. The fourth-order valence-electron chi connectivity index (χ4n) is 1.46. The van der Waals surface area contributed by atoms with Gasteiger partial charge in [0.2, 0.25) is 0 Å². The molecule has 0 bridgehead atoms. The van der Waals surface area contributed by atoms with E-state index in [0.717, 1.165) is 13.0 Å². The van der Waals surface area contributed by atoms with Crippen molar-refractivity contribution in [1.82, 2.24) is 0 Å². The Kier molecular flexibility index (Phi) is 2.66. The average molecular weight is 188 g/mol. The molecule has 1 saturated heterocycles. The Bertz CT molecular complexity index is 157. The van der Waals surface area contributed by atoms with Gasteiger partial charge in [-0.05, 0) is 20.3 Å². The maximum atomic E-state index is 5.88. The van der Waals surface area contributed by atoms with Gasteiger partial charge in [-0.2, -0.15) is 0 Å². The van der Waals surface area contributed by atoms with Gasteiger partial charge in [-0.3, -0.25) is 0 Å². The first-order valence-corrected chi connectivity index (χ1v) is 8.21. The fraction of sp³-hybridized carbons (Fsp3) is 1.00. The molecule has 0 aromatic rings. The lowest BCUT2D eigenvalue weighted by Crippen LogP contribution is -2.50. The maximum Gasteiger partial charge on any atom is 0.162 e. The highest BCUT2D eigenvalue weighted by Crippen LogP contribution is 2.27. The molecule has 2 nitrogen and oxygen atoms in total. The lowest BCUT2D eigenvalue weighted by atomic mass is 10.3. The van der Waals surface area contributed by atoms with Gasteiger partial charge >= 0.3 is 0 Å². The minimum Gasteiger partial charge on any atom is -0.351 e. The van der Waals surface area contributed by atoms with Crippen LogP contribution in [0, 0.1) is 0 Å². The Morgan fingerprint density at radius 3 is 2.17 bits per heavy atom. The van der Waals surface area contributed by atoms with Gasteiger partial charge < -0.3 is 9.47 Å². The molecule has 0 aromatic carbocycles. The standard InChI is InChI=1S/C9H20O2Si/c1-9(2)10-7-6-8(11-9)12(3,4)5/h8H,6-7H2,1-5H3. The van der Waals surface area contributed by atoms with Gasteiger partial charge in [0.25, 0.3) is 0 Å². The van der Waals surface area contributed by atoms with Crippen LogP contribution in [0.1, 0.15) is 20.3 Å². The molecule has 0 aromatic heterocycles. The second-order valence-electron chi connectivity index (χ2n) is 5.01. The quantitative estimate of drug-likeness (QED) is 0.588. The average Bonchev–Trinajstić information content (AvgIpc) is 1.83. The van der Waals surface area contributed by atoms with E-state index in [1.165, 1.54) is 0 Å². The lowest BCUT2D eigenvalue weighted by Gasteiger charge is -2.41. The van der Waals surface area contributed by atoms with Crippen molar-refractivity contribution < 1.29 is 9.47 Å². The summed E-state index contributed by atoms with van der Waals surface area (Å²) in [4.78, 5) is 0. The van der Waals surface area contributed by atoms with E-state index in [0.29, 0.717) is 5.73 Å². The van der Waals surface area contributed by atoms with Crippen LogP contribution in [-0.4, -0.2) is 26.2 Å². The van der Waals surface area contributed by atoms with E-state index in [9.17, 15) is 0 Å². The smallest absolute Gasteiger partial charge is 0.162 e. The summed E-state index contributed by atoms with van der Waals surface area (Å²) in [6, 6.07) is 0. The van der Waals surface area contributed by atoms with Crippen LogP contribution in [0.5, 0.6) is 0 Å². The first-order chi connectivity index (χ1) is 5.31. The maximum absolute atomic E-state index is 5.88. The Morgan fingerprint density at radius 2 is 1.83 bits per heavy atom. The van der Waals surface area contributed by atoms with E-state index in [1.807, 2.05) is 13.8 Å². The molecule has 1 rings (SSSR count). The molecule has 72 valence electrons. The molecule has 0 amide bonds. The summed E-state index contributed by atoms with van der Waals surface area (Å²) in [5.74, 6) is -0.358. The van der Waals surface area contributed by atoms with Crippen molar-refractivity contribution in [3.63, 3.8) is 0 Å². The SMILES string of the molecule is CC1(C)OCCC([Si](C)(C)C)O1. The van der Waals surface area contributed by atoms with Gasteiger partial charge in [-0.15, -0.1) is 0 Å². The van der Waals surface area contributed by atoms with Gasteiger partial charge in [0.1, 0.15) is 0 Å². The van der Waals surface area contributed by atoms with Crippen LogP contribution < -0.4 is 0 Å². The number of rotatable bonds is 1. The third-order valence-electron chi connectivity index (χ3n) is 2.22. The van der Waals surface area contributed by atoms with Crippen LogP contribution in [0.2, 0.25) is 19.6 Å².